The second-order valence-corrected chi connectivity index (χ2v) is 5.94. The van der Waals surface area contributed by atoms with Gasteiger partial charge in [-0.3, -0.25) is 0 Å². The van der Waals surface area contributed by atoms with Gasteiger partial charge in [-0.2, -0.15) is 5.26 Å². The number of benzene rings is 1. The number of hydrogen-bond acceptors (Lipinski definition) is 2. The molecule has 0 aromatic heterocycles. The fraction of sp³-hybridized carbons (Fsp3) is 0.588. The average molecular weight is 257 g/mol. The summed E-state index contributed by atoms with van der Waals surface area (Å²) in [6.45, 7) is 6.51. The standard InChI is InChI=1S/C17H23NO/c1-5-16(6-2)10-17(11-16,12-18)14-8-7-13(3)15(9-14)19-4/h7-9H,5-6,10-11H2,1-4H3. The van der Waals surface area contributed by atoms with E-state index in [9.17, 15) is 5.26 Å². The van der Waals surface area contributed by atoms with Gasteiger partial charge < -0.3 is 4.74 Å². The molecule has 0 amide bonds. The van der Waals surface area contributed by atoms with E-state index in [1.54, 1.807) is 7.11 Å². The lowest BCUT2D eigenvalue weighted by atomic mass is 9.49. The van der Waals surface area contributed by atoms with Crippen LogP contribution in [0.1, 0.15) is 50.7 Å². The first-order valence-electron chi connectivity index (χ1n) is 7.11. The van der Waals surface area contributed by atoms with Crippen LogP contribution in [0.4, 0.5) is 0 Å². The van der Waals surface area contributed by atoms with E-state index in [0.29, 0.717) is 5.41 Å². The van der Waals surface area contributed by atoms with Gasteiger partial charge in [0, 0.05) is 0 Å². The Hall–Kier alpha value is -1.49. The van der Waals surface area contributed by atoms with Crippen molar-refractivity contribution in [3.63, 3.8) is 0 Å². The highest BCUT2D eigenvalue weighted by molar-refractivity contribution is 5.45. The molecule has 0 heterocycles. The lowest BCUT2D eigenvalue weighted by molar-refractivity contribution is 0.0478. The first kappa shape index (κ1) is 13.9. The maximum atomic E-state index is 9.66. The van der Waals surface area contributed by atoms with Gasteiger partial charge in [-0.15, -0.1) is 0 Å². The maximum absolute atomic E-state index is 9.66. The second kappa shape index (κ2) is 4.89. The molecule has 1 aromatic rings. The van der Waals surface area contributed by atoms with Gasteiger partial charge in [0.2, 0.25) is 0 Å². The molecule has 1 fully saturated rings. The van der Waals surface area contributed by atoms with Gasteiger partial charge in [0.25, 0.3) is 0 Å². The molecule has 2 heteroatoms. The van der Waals surface area contributed by atoms with Gasteiger partial charge in [0.05, 0.1) is 18.6 Å². The summed E-state index contributed by atoms with van der Waals surface area (Å²) in [5.41, 5.74) is 2.31. The Kier molecular flexibility index (Phi) is 3.58. The molecule has 0 unspecified atom stereocenters. The highest BCUT2D eigenvalue weighted by atomic mass is 16.5. The average Bonchev–Trinajstić information content (AvgIpc) is 2.41. The van der Waals surface area contributed by atoms with Crippen LogP contribution in [0, 0.1) is 23.7 Å². The van der Waals surface area contributed by atoms with Crippen molar-refractivity contribution in [2.45, 2.75) is 51.9 Å². The van der Waals surface area contributed by atoms with Crippen molar-refractivity contribution in [1.29, 1.82) is 5.26 Å². The Bertz CT molecular complexity index is 500. The number of methoxy groups -OCH3 is 1. The fourth-order valence-corrected chi connectivity index (χ4v) is 3.44. The molecule has 1 aliphatic carbocycles. The van der Waals surface area contributed by atoms with Crippen LogP contribution >= 0.6 is 0 Å². The summed E-state index contributed by atoms with van der Waals surface area (Å²) in [7, 11) is 1.69. The summed E-state index contributed by atoms with van der Waals surface area (Å²) < 4.78 is 5.39. The highest BCUT2D eigenvalue weighted by Gasteiger charge is 2.53. The molecule has 0 saturated heterocycles. The number of rotatable bonds is 4. The van der Waals surface area contributed by atoms with Crippen LogP contribution in [0.25, 0.3) is 0 Å². The number of nitrogens with zero attached hydrogens (tertiary/aromatic N) is 1. The van der Waals surface area contributed by atoms with E-state index >= 15 is 0 Å². The zero-order valence-corrected chi connectivity index (χ0v) is 12.4. The van der Waals surface area contributed by atoms with Gasteiger partial charge in [-0.05, 0) is 42.4 Å². The third-order valence-corrected chi connectivity index (χ3v) is 5.03. The SMILES string of the molecule is CCC1(CC)CC(C#N)(c2ccc(C)c(OC)c2)C1. The minimum absolute atomic E-state index is 0.299. The van der Waals surface area contributed by atoms with Gasteiger partial charge in [-0.25, -0.2) is 0 Å². The van der Waals surface area contributed by atoms with Gasteiger partial charge in [0.15, 0.2) is 0 Å². The highest BCUT2D eigenvalue weighted by Crippen LogP contribution is 2.59. The molecule has 2 nitrogen and oxygen atoms in total. The van der Waals surface area contributed by atoms with Crippen LogP contribution in [-0.2, 0) is 5.41 Å². The van der Waals surface area contributed by atoms with Crippen molar-refractivity contribution in [2.75, 3.05) is 7.11 Å². The molecule has 1 aliphatic rings. The quantitative estimate of drug-likeness (QED) is 0.802. The van der Waals surface area contributed by atoms with E-state index in [1.165, 1.54) is 0 Å². The second-order valence-electron chi connectivity index (χ2n) is 5.94. The normalized spacial score (nSPS) is 19.3. The Morgan fingerprint density at radius 2 is 1.89 bits per heavy atom. The van der Waals surface area contributed by atoms with Crippen LogP contribution in [0.5, 0.6) is 5.75 Å². The molecule has 1 saturated carbocycles. The predicted molar refractivity (Wildman–Crippen MR) is 77.3 cm³/mol. The molecule has 0 bridgehead atoms. The first-order chi connectivity index (χ1) is 9.04. The van der Waals surface area contributed by atoms with E-state index in [4.69, 9.17) is 4.74 Å². The Balaban J connectivity index is 2.33. The Morgan fingerprint density at radius 3 is 2.37 bits per heavy atom. The van der Waals surface area contributed by atoms with Crippen molar-refractivity contribution in [3.05, 3.63) is 29.3 Å². The molecule has 0 radical (unpaired) electrons. The van der Waals surface area contributed by atoms with Crippen LogP contribution < -0.4 is 4.74 Å². The van der Waals surface area contributed by atoms with E-state index in [0.717, 1.165) is 42.6 Å². The van der Waals surface area contributed by atoms with Gasteiger partial charge in [-0.1, -0.05) is 38.8 Å². The van der Waals surface area contributed by atoms with E-state index < -0.39 is 0 Å². The zero-order chi connectivity index (χ0) is 14.1. The summed E-state index contributed by atoms with van der Waals surface area (Å²) in [5, 5.41) is 9.66. The fourth-order valence-electron chi connectivity index (χ4n) is 3.44. The van der Waals surface area contributed by atoms with Crippen molar-refractivity contribution in [3.8, 4) is 11.8 Å². The summed E-state index contributed by atoms with van der Waals surface area (Å²) in [5.74, 6) is 0.887. The predicted octanol–water partition coefficient (Wildman–Crippen LogP) is 4.37. The van der Waals surface area contributed by atoms with Crippen molar-refractivity contribution < 1.29 is 4.74 Å². The van der Waals surface area contributed by atoms with Crippen molar-refractivity contribution >= 4 is 0 Å². The maximum Gasteiger partial charge on any atom is 0.122 e. The summed E-state index contributed by atoms with van der Waals surface area (Å²) in [6, 6.07) is 8.77. The van der Waals surface area contributed by atoms with Crippen LogP contribution in [0.15, 0.2) is 18.2 Å². The molecule has 2 rings (SSSR count). The molecule has 0 spiro atoms. The lowest BCUT2D eigenvalue weighted by Crippen LogP contribution is -2.48. The van der Waals surface area contributed by atoms with Gasteiger partial charge >= 0.3 is 0 Å². The molecular weight excluding hydrogens is 234 g/mol. The zero-order valence-electron chi connectivity index (χ0n) is 12.4. The molecule has 0 N–H and O–H groups in total. The minimum atomic E-state index is -0.299. The smallest absolute Gasteiger partial charge is 0.122 e. The van der Waals surface area contributed by atoms with Gasteiger partial charge in [0.1, 0.15) is 5.75 Å². The topological polar surface area (TPSA) is 33.0 Å². The Morgan fingerprint density at radius 1 is 1.26 bits per heavy atom. The number of ether oxygens (including phenoxy) is 1. The number of hydrogen-bond donors (Lipinski definition) is 0. The molecule has 0 aliphatic heterocycles. The Labute approximate surface area is 116 Å². The number of nitriles is 1. The molecular formula is C17H23NO. The molecule has 0 atom stereocenters. The number of aryl methyl sites for hydroxylation is 1. The molecule has 1 aromatic carbocycles. The van der Waals surface area contributed by atoms with Crippen LogP contribution in [-0.4, -0.2) is 7.11 Å². The van der Waals surface area contributed by atoms with E-state index in [2.05, 4.69) is 32.0 Å². The molecule has 102 valence electrons. The first-order valence-corrected chi connectivity index (χ1v) is 7.11. The molecule has 19 heavy (non-hydrogen) atoms. The third kappa shape index (κ3) is 2.12. The minimum Gasteiger partial charge on any atom is -0.496 e. The van der Waals surface area contributed by atoms with E-state index in [-0.39, 0.29) is 5.41 Å². The third-order valence-electron chi connectivity index (χ3n) is 5.03. The largest absolute Gasteiger partial charge is 0.496 e. The monoisotopic (exact) mass is 257 g/mol. The summed E-state index contributed by atoms with van der Waals surface area (Å²) in [4.78, 5) is 0. The lowest BCUT2D eigenvalue weighted by Gasteiger charge is -2.53. The van der Waals surface area contributed by atoms with Crippen molar-refractivity contribution in [2.24, 2.45) is 5.41 Å². The van der Waals surface area contributed by atoms with Crippen LogP contribution in [0.3, 0.4) is 0 Å². The van der Waals surface area contributed by atoms with Crippen LogP contribution in [0.2, 0.25) is 0 Å². The summed E-state index contributed by atoms with van der Waals surface area (Å²) in [6.07, 6.45) is 4.29. The van der Waals surface area contributed by atoms with Crippen molar-refractivity contribution in [1.82, 2.24) is 0 Å². The summed E-state index contributed by atoms with van der Waals surface area (Å²) >= 11 is 0. The van der Waals surface area contributed by atoms with E-state index in [1.807, 2.05) is 13.0 Å².